The molecule has 0 radical (unpaired) electrons. The lowest BCUT2D eigenvalue weighted by Gasteiger charge is -2.10. The molecule has 0 atom stereocenters. The molecule has 3 aromatic rings. The number of benzene rings is 2. The van der Waals surface area contributed by atoms with Crippen LogP contribution in [-0.2, 0) is 0 Å². The Balaban J connectivity index is 2.31. The Kier molecular flexibility index (Phi) is 3.39. The summed E-state index contributed by atoms with van der Waals surface area (Å²) in [5, 5.41) is 9.55. The molecule has 0 saturated carbocycles. The quantitative estimate of drug-likeness (QED) is 0.751. The lowest BCUT2D eigenvalue weighted by Crippen LogP contribution is -2.12. The number of hydrogen-bond donors (Lipinski definition) is 1. The summed E-state index contributed by atoms with van der Waals surface area (Å²) < 4.78 is 10.4. The minimum absolute atomic E-state index is 0.284. The van der Waals surface area contributed by atoms with E-state index < -0.39 is 17.2 Å². The van der Waals surface area contributed by atoms with Crippen LogP contribution in [0.15, 0.2) is 57.7 Å². The standard InChI is InChI=1S/C17H12O5/c1-21-15-9-14-11(8-13(16(18)19)17(20)22-14)7-12(15)10-5-3-2-4-6-10/h2-9H,1H3,(H,18,19). The smallest absolute Gasteiger partial charge is 0.351 e. The predicted molar refractivity (Wildman–Crippen MR) is 81.4 cm³/mol. The van der Waals surface area contributed by atoms with E-state index in [1.54, 1.807) is 12.1 Å². The highest BCUT2D eigenvalue weighted by molar-refractivity contribution is 5.94. The number of hydrogen-bond acceptors (Lipinski definition) is 4. The first-order valence-corrected chi connectivity index (χ1v) is 6.55. The Hall–Kier alpha value is -3.08. The van der Waals surface area contributed by atoms with E-state index in [2.05, 4.69) is 0 Å². The summed E-state index contributed by atoms with van der Waals surface area (Å²) in [5.74, 6) is -0.766. The van der Waals surface area contributed by atoms with Gasteiger partial charge in [-0.2, -0.15) is 0 Å². The molecule has 0 aliphatic rings. The summed E-state index contributed by atoms with van der Waals surface area (Å²) in [6.45, 7) is 0. The zero-order valence-corrected chi connectivity index (χ0v) is 11.7. The predicted octanol–water partition coefficient (Wildman–Crippen LogP) is 3.17. The largest absolute Gasteiger partial charge is 0.496 e. The number of aromatic carboxylic acids is 1. The lowest BCUT2D eigenvalue weighted by molar-refractivity contribution is 0.0692. The van der Waals surface area contributed by atoms with E-state index in [1.807, 2.05) is 30.3 Å². The minimum atomic E-state index is -1.31. The molecule has 1 N–H and O–H groups in total. The van der Waals surface area contributed by atoms with Crippen LogP contribution in [0.25, 0.3) is 22.1 Å². The highest BCUT2D eigenvalue weighted by Gasteiger charge is 2.15. The summed E-state index contributed by atoms with van der Waals surface area (Å²) >= 11 is 0. The van der Waals surface area contributed by atoms with Crippen LogP contribution in [0, 0.1) is 0 Å². The molecule has 1 aromatic heterocycles. The summed E-state index contributed by atoms with van der Waals surface area (Å²) in [6.07, 6.45) is 0. The molecule has 0 bridgehead atoms. The number of carboxylic acids is 1. The molecule has 0 aliphatic heterocycles. The first-order chi connectivity index (χ1) is 10.6. The van der Waals surface area contributed by atoms with Crippen molar-refractivity contribution >= 4 is 16.9 Å². The van der Waals surface area contributed by atoms with Gasteiger partial charge >= 0.3 is 11.6 Å². The van der Waals surface area contributed by atoms with Crippen LogP contribution in [0.3, 0.4) is 0 Å². The normalized spacial score (nSPS) is 10.6. The Bertz CT molecular complexity index is 909. The molecule has 3 rings (SSSR count). The SMILES string of the molecule is COc1cc2oc(=O)c(C(=O)O)cc2cc1-c1ccccc1. The summed E-state index contributed by atoms with van der Waals surface area (Å²) in [4.78, 5) is 22.7. The maximum atomic E-state index is 11.6. The lowest BCUT2D eigenvalue weighted by atomic mass is 10.0. The third-order valence-corrected chi connectivity index (χ3v) is 3.37. The first-order valence-electron chi connectivity index (χ1n) is 6.55. The van der Waals surface area contributed by atoms with Gasteiger partial charge in [0.05, 0.1) is 7.11 Å². The van der Waals surface area contributed by atoms with Crippen LogP contribution < -0.4 is 10.4 Å². The maximum Gasteiger partial charge on any atom is 0.351 e. The third-order valence-electron chi connectivity index (χ3n) is 3.37. The van der Waals surface area contributed by atoms with Gasteiger partial charge in [-0.1, -0.05) is 30.3 Å². The van der Waals surface area contributed by atoms with Gasteiger partial charge in [-0.3, -0.25) is 0 Å². The van der Waals surface area contributed by atoms with Crippen LogP contribution in [0.1, 0.15) is 10.4 Å². The zero-order valence-electron chi connectivity index (χ0n) is 11.7. The molecule has 0 spiro atoms. The van der Waals surface area contributed by atoms with Crippen LogP contribution in [-0.4, -0.2) is 18.2 Å². The van der Waals surface area contributed by atoms with Gasteiger partial charge in [0.25, 0.3) is 0 Å². The van der Waals surface area contributed by atoms with Crippen LogP contribution in [0.4, 0.5) is 0 Å². The van der Waals surface area contributed by atoms with E-state index in [9.17, 15) is 9.59 Å². The van der Waals surface area contributed by atoms with Gasteiger partial charge in [0.1, 0.15) is 16.9 Å². The van der Waals surface area contributed by atoms with Crippen LogP contribution in [0.5, 0.6) is 5.75 Å². The van der Waals surface area contributed by atoms with Gasteiger partial charge in [0.2, 0.25) is 0 Å². The summed E-state index contributed by atoms with van der Waals surface area (Å²) in [5.41, 5.74) is 0.725. The van der Waals surface area contributed by atoms with Crippen molar-refractivity contribution in [2.75, 3.05) is 7.11 Å². The van der Waals surface area contributed by atoms with Crippen molar-refractivity contribution in [3.63, 3.8) is 0 Å². The Morgan fingerprint density at radius 3 is 2.50 bits per heavy atom. The molecule has 0 saturated heterocycles. The molecule has 22 heavy (non-hydrogen) atoms. The monoisotopic (exact) mass is 296 g/mol. The molecular formula is C17H12O5. The molecule has 0 aliphatic carbocycles. The molecule has 2 aromatic carbocycles. The van der Waals surface area contributed by atoms with E-state index in [0.717, 1.165) is 11.1 Å². The molecule has 5 heteroatoms. The molecule has 0 unspecified atom stereocenters. The molecule has 110 valence electrons. The zero-order chi connectivity index (χ0) is 15.7. The number of methoxy groups -OCH3 is 1. The Labute approximate surface area is 125 Å². The Morgan fingerprint density at radius 1 is 1.14 bits per heavy atom. The number of ether oxygens (including phenoxy) is 1. The van der Waals surface area contributed by atoms with Crippen LogP contribution >= 0.6 is 0 Å². The van der Waals surface area contributed by atoms with Gasteiger partial charge in [-0.25, -0.2) is 9.59 Å². The topological polar surface area (TPSA) is 76.7 Å². The second kappa shape index (κ2) is 5.37. The van der Waals surface area contributed by atoms with Crippen molar-refractivity contribution in [3.05, 3.63) is 64.5 Å². The number of carboxylic acid groups (broad SMARTS) is 1. The number of rotatable bonds is 3. The van der Waals surface area contributed by atoms with Gasteiger partial charge in [-0.05, 0) is 17.7 Å². The molecule has 5 nitrogen and oxygen atoms in total. The average Bonchev–Trinajstić information content (AvgIpc) is 2.53. The van der Waals surface area contributed by atoms with Crippen molar-refractivity contribution < 1.29 is 19.1 Å². The second-order valence-electron chi connectivity index (χ2n) is 4.71. The maximum absolute atomic E-state index is 11.6. The van der Waals surface area contributed by atoms with E-state index in [4.69, 9.17) is 14.3 Å². The van der Waals surface area contributed by atoms with Crippen molar-refractivity contribution in [1.82, 2.24) is 0 Å². The highest BCUT2D eigenvalue weighted by Crippen LogP contribution is 2.33. The minimum Gasteiger partial charge on any atom is -0.496 e. The van der Waals surface area contributed by atoms with E-state index in [1.165, 1.54) is 13.2 Å². The number of carbonyl (C=O) groups is 1. The van der Waals surface area contributed by atoms with Gasteiger partial charge in [-0.15, -0.1) is 0 Å². The fourth-order valence-corrected chi connectivity index (χ4v) is 2.31. The summed E-state index contributed by atoms with van der Waals surface area (Å²) in [7, 11) is 1.53. The van der Waals surface area contributed by atoms with Crippen molar-refractivity contribution in [1.29, 1.82) is 0 Å². The molecule has 0 fully saturated rings. The first kappa shape index (κ1) is 13.9. The van der Waals surface area contributed by atoms with E-state index in [-0.39, 0.29) is 5.58 Å². The molecular weight excluding hydrogens is 284 g/mol. The van der Waals surface area contributed by atoms with Gasteiger partial charge in [0, 0.05) is 17.0 Å². The van der Waals surface area contributed by atoms with Crippen molar-refractivity contribution in [2.24, 2.45) is 0 Å². The van der Waals surface area contributed by atoms with Crippen LogP contribution in [0.2, 0.25) is 0 Å². The summed E-state index contributed by atoms with van der Waals surface area (Å²) in [6, 6.07) is 14.2. The fraction of sp³-hybridized carbons (Fsp3) is 0.0588. The Morgan fingerprint density at radius 2 is 1.86 bits per heavy atom. The highest BCUT2D eigenvalue weighted by atomic mass is 16.5. The number of fused-ring (bicyclic) bond motifs is 1. The van der Waals surface area contributed by atoms with Gasteiger partial charge < -0.3 is 14.3 Å². The van der Waals surface area contributed by atoms with Crippen molar-refractivity contribution in [3.8, 4) is 16.9 Å². The molecule has 1 heterocycles. The third kappa shape index (κ3) is 2.33. The van der Waals surface area contributed by atoms with Crippen molar-refractivity contribution in [2.45, 2.75) is 0 Å². The second-order valence-corrected chi connectivity index (χ2v) is 4.71. The van der Waals surface area contributed by atoms with Gasteiger partial charge in [0.15, 0.2) is 0 Å². The molecule has 0 amide bonds. The average molecular weight is 296 g/mol. The van der Waals surface area contributed by atoms with E-state index in [0.29, 0.717) is 11.1 Å². The fourth-order valence-electron chi connectivity index (χ4n) is 2.31. The van der Waals surface area contributed by atoms with E-state index >= 15 is 0 Å².